The van der Waals surface area contributed by atoms with Gasteiger partial charge < -0.3 is 16.0 Å². The van der Waals surface area contributed by atoms with E-state index in [1.807, 2.05) is 12.1 Å². The van der Waals surface area contributed by atoms with E-state index >= 15 is 0 Å². The van der Waals surface area contributed by atoms with E-state index < -0.39 is 29.0 Å². The average molecular weight is 385 g/mol. The third-order valence-electron chi connectivity index (χ3n) is 3.32. The molecule has 138 valence electrons. The topological polar surface area (TPSA) is 65.5 Å². The molecule has 9 heteroatoms. The first-order valence-corrected chi connectivity index (χ1v) is 7.91. The molecule has 0 saturated carbocycles. The smallest absolute Gasteiger partial charge is 0.243 e. The molecule has 5 nitrogen and oxygen atoms in total. The number of hydrogen-bond donors (Lipinski definition) is 3. The Bertz CT molecular complexity index is 812. The predicted octanol–water partition coefficient (Wildman–Crippen LogP) is 3.06. The van der Waals surface area contributed by atoms with Crippen molar-refractivity contribution < 1.29 is 18.0 Å². The van der Waals surface area contributed by atoms with E-state index in [0.29, 0.717) is 17.5 Å². The number of anilines is 1. The average Bonchev–Trinajstić information content (AvgIpc) is 2.64. The number of guanidine groups is 1. The second-order valence-corrected chi connectivity index (χ2v) is 5.61. The van der Waals surface area contributed by atoms with Gasteiger partial charge in [0, 0.05) is 18.6 Å². The Morgan fingerprint density at radius 3 is 2.38 bits per heavy atom. The van der Waals surface area contributed by atoms with Crippen LogP contribution in [-0.2, 0) is 11.3 Å². The summed E-state index contributed by atoms with van der Waals surface area (Å²) in [6.45, 7) is 0.189. The van der Waals surface area contributed by atoms with Gasteiger partial charge in [0.1, 0.15) is 0 Å². The molecule has 3 N–H and O–H groups in total. The molecule has 0 atom stereocenters. The van der Waals surface area contributed by atoms with Crippen molar-refractivity contribution in [1.82, 2.24) is 10.6 Å². The molecule has 0 aliphatic carbocycles. The van der Waals surface area contributed by atoms with E-state index in [9.17, 15) is 18.0 Å². The molecule has 2 aromatic rings. The van der Waals surface area contributed by atoms with Crippen LogP contribution in [0.5, 0.6) is 0 Å². The molecule has 2 rings (SSSR count). The third-order valence-corrected chi connectivity index (χ3v) is 3.57. The highest BCUT2D eigenvalue weighted by Gasteiger charge is 2.15. The van der Waals surface area contributed by atoms with Crippen LogP contribution in [0.1, 0.15) is 5.56 Å². The maximum Gasteiger partial charge on any atom is 0.243 e. The molecule has 1 amide bonds. The number of carbonyl (C=O) groups is 1. The number of benzene rings is 2. The number of hydrogen-bond acceptors (Lipinski definition) is 2. The highest BCUT2D eigenvalue weighted by molar-refractivity contribution is 6.30. The monoisotopic (exact) mass is 384 g/mol. The van der Waals surface area contributed by atoms with Crippen molar-refractivity contribution in [2.75, 3.05) is 18.9 Å². The molecule has 0 aliphatic rings. The summed E-state index contributed by atoms with van der Waals surface area (Å²) < 4.78 is 39.5. The fraction of sp³-hybridized carbons (Fsp3) is 0.176. The van der Waals surface area contributed by atoms with Crippen molar-refractivity contribution in [1.29, 1.82) is 0 Å². The van der Waals surface area contributed by atoms with Gasteiger partial charge >= 0.3 is 0 Å². The van der Waals surface area contributed by atoms with Gasteiger partial charge in [0.2, 0.25) is 5.91 Å². The Hall–Kier alpha value is -2.74. The van der Waals surface area contributed by atoms with Gasteiger partial charge in [0.15, 0.2) is 23.4 Å². The van der Waals surface area contributed by atoms with Gasteiger partial charge in [-0.25, -0.2) is 13.2 Å². The number of carbonyl (C=O) groups excluding carboxylic acids is 1. The summed E-state index contributed by atoms with van der Waals surface area (Å²) in [5.74, 6) is -4.74. The molecule has 0 fully saturated rings. The van der Waals surface area contributed by atoms with Crippen molar-refractivity contribution in [3.05, 3.63) is 64.4 Å². The Kier molecular flexibility index (Phi) is 6.85. The predicted molar refractivity (Wildman–Crippen MR) is 94.6 cm³/mol. The van der Waals surface area contributed by atoms with Crippen LogP contribution in [0.2, 0.25) is 5.02 Å². The molecule has 0 aliphatic heterocycles. The molecular weight excluding hydrogens is 369 g/mol. The molecule has 0 bridgehead atoms. The van der Waals surface area contributed by atoms with Crippen molar-refractivity contribution in [2.24, 2.45) is 4.99 Å². The van der Waals surface area contributed by atoms with Gasteiger partial charge in [-0.05, 0) is 29.8 Å². The lowest BCUT2D eigenvalue weighted by atomic mass is 10.2. The zero-order chi connectivity index (χ0) is 19.1. The zero-order valence-electron chi connectivity index (χ0n) is 13.7. The van der Waals surface area contributed by atoms with Crippen LogP contribution < -0.4 is 16.0 Å². The van der Waals surface area contributed by atoms with Crippen LogP contribution in [-0.4, -0.2) is 25.5 Å². The minimum Gasteiger partial charge on any atom is -0.352 e. The van der Waals surface area contributed by atoms with Crippen LogP contribution in [0.25, 0.3) is 0 Å². The normalized spacial score (nSPS) is 11.2. The van der Waals surface area contributed by atoms with Crippen LogP contribution in [0.15, 0.2) is 41.4 Å². The van der Waals surface area contributed by atoms with Gasteiger partial charge in [0.25, 0.3) is 0 Å². The lowest BCUT2D eigenvalue weighted by Gasteiger charge is -2.12. The zero-order valence-corrected chi connectivity index (χ0v) is 14.5. The standard InChI is InChI=1S/C17H16ClF3N4O/c1-22-17(23-8-10-2-4-11(18)5-3-10)24-9-14(26)25-13-7-6-12(19)15(20)16(13)21/h2-7H,8-9H2,1H3,(H,25,26)(H2,22,23,24). The van der Waals surface area contributed by atoms with E-state index in [-0.39, 0.29) is 6.54 Å². The highest BCUT2D eigenvalue weighted by atomic mass is 35.5. The molecule has 0 aromatic heterocycles. The Labute approximate surface area is 153 Å². The Morgan fingerprint density at radius 2 is 1.73 bits per heavy atom. The molecule has 0 spiro atoms. The van der Waals surface area contributed by atoms with Crippen molar-refractivity contribution >= 4 is 29.2 Å². The van der Waals surface area contributed by atoms with E-state index in [4.69, 9.17) is 11.6 Å². The molecule has 0 heterocycles. The minimum atomic E-state index is -1.64. The van der Waals surface area contributed by atoms with Gasteiger partial charge in [-0.15, -0.1) is 0 Å². The quantitative estimate of drug-likeness (QED) is 0.422. The van der Waals surface area contributed by atoms with Gasteiger partial charge in [-0.3, -0.25) is 9.79 Å². The minimum absolute atomic E-state index is 0.251. The molecule has 0 unspecified atom stereocenters. The Balaban J connectivity index is 1.85. The maximum atomic E-state index is 13.5. The van der Waals surface area contributed by atoms with E-state index in [1.54, 1.807) is 12.1 Å². The summed E-state index contributed by atoms with van der Waals surface area (Å²) in [5.41, 5.74) is 0.505. The Morgan fingerprint density at radius 1 is 1.04 bits per heavy atom. The number of nitrogens with zero attached hydrogens (tertiary/aromatic N) is 1. The van der Waals surface area contributed by atoms with E-state index in [2.05, 4.69) is 20.9 Å². The summed E-state index contributed by atoms with van der Waals surface area (Å²) in [4.78, 5) is 15.8. The molecule has 26 heavy (non-hydrogen) atoms. The number of halogens is 4. The lowest BCUT2D eigenvalue weighted by molar-refractivity contribution is -0.115. The molecule has 0 saturated heterocycles. The molecular formula is C17H16ClF3N4O. The van der Waals surface area contributed by atoms with Crippen LogP contribution in [0.4, 0.5) is 18.9 Å². The first-order valence-electron chi connectivity index (χ1n) is 7.53. The summed E-state index contributed by atoms with van der Waals surface area (Å²) in [6.07, 6.45) is 0. The van der Waals surface area contributed by atoms with Crippen LogP contribution >= 0.6 is 11.6 Å². The third kappa shape index (κ3) is 5.38. The summed E-state index contributed by atoms with van der Waals surface area (Å²) in [7, 11) is 1.52. The summed E-state index contributed by atoms with van der Waals surface area (Å²) in [6, 6.07) is 8.84. The summed E-state index contributed by atoms with van der Waals surface area (Å²) >= 11 is 5.81. The van der Waals surface area contributed by atoms with Gasteiger partial charge in [0.05, 0.1) is 12.2 Å². The number of amides is 1. The first-order chi connectivity index (χ1) is 12.4. The first kappa shape index (κ1) is 19.6. The number of nitrogens with one attached hydrogen (secondary N) is 3. The molecule has 0 radical (unpaired) electrons. The van der Waals surface area contributed by atoms with Crippen molar-refractivity contribution in [3.8, 4) is 0 Å². The maximum absolute atomic E-state index is 13.5. The fourth-order valence-electron chi connectivity index (χ4n) is 1.99. The second-order valence-electron chi connectivity index (χ2n) is 5.18. The highest BCUT2D eigenvalue weighted by Crippen LogP contribution is 2.19. The summed E-state index contributed by atoms with van der Waals surface area (Å²) in [5, 5.41) is 8.49. The largest absolute Gasteiger partial charge is 0.352 e. The van der Waals surface area contributed by atoms with Crippen molar-refractivity contribution in [3.63, 3.8) is 0 Å². The SMILES string of the molecule is CN=C(NCC(=O)Nc1ccc(F)c(F)c1F)NCc1ccc(Cl)cc1. The number of aliphatic imine (C=N–C) groups is 1. The molecule has 2 aromatic carbocycles. The van der Waals surface area contributed by atoms with Crippen LogP contribution in [0.3, 0.4) is 0 Å². The van der Waals surface area contributed by atoms with E-state index in [1.165, 1.54) is 7.05 Å². The van der Waals surface area contributed by atoms with E-state index in [0.717, 1.165) is 17.7 Å². The van der Waals surface area contributed by atoms with Gasteiger partial charge in [-0.2, -0.15) is 0 Å². The number of rotatable bonds is 5. The lowest BCUT2D eigenvalue weighted by Crippen LogP contribution is -2.41. The van der Waals surface area contributed by atoms with Crippen LogP contribution in [0, 0.1) is 17.5 Å². The fourth-order valence-corrected chi connectivity index (χ4v) is 2.12. The second kappa shape index (κ2) is 9.10. The van der Waals surface area contributed by atoms with Crippen molar-refractivity contribution in [2.45, 2.75) is 6.54 Å². The van der Waals surface area contributed by atoms with Gasteiger partial charge in [-0.1, -0.05) is 23.7 Å².